The molecule has 3 heteroatoms. The van der Waals surface area contributed by atoms with Gasteiger partial charge in [-0.3, -0.25) is 4.79 Å². The van der Waals surface area contributed by atoms with Crippen LogP contribution in [-0.4, -0.2) is 10.9 Å². The molecule has 0 radical (unpaired) electrons. The zero-order valence-electron chi connectivity index (χ0n) is 8.57. The van der Waals surface area contributed by atoms with Crippen LogP contribution < -0.4 is 0 Å². The smallest absolute Gasteiger partial charge is 0.185 e. The summed E-state index contributed by atoms with van der Waals surface area (Å²) in [6.45, 7) is 1.59. The van der Waals surface area contributed by atoms with E-state index < -0.39 is 0 Å². The zero-order valence-corrected chi connectivity index (χ0v) is 10.1. The van der Waals surface area contributed by atoms with E-state index in [0.717, 1.165) is 22.8 Å². The lowest BCUT2D eigenvalue weighted by molar-refractivity contribution is -0.109. The molecule has 1 nitrogen and oxygen atoms in total. The molecule has 1 rings (SSSR count). The van der Waals surface area contributed by atoms with Crippen molar-refractivity contribution in [3.8, 4) is 0 Å². The third kappa shape index (κ3) is 5.65. The van der Waals surface area contributed by atoms with E-state index in [9.17, 15) is 4.79 Å². The van der Waals surface area contributed by atoms with Crippen LogP contribution in [0.1, 0.15) is 18.9 Å². The molecule has 0 amide bonds. The number of carbonyl (C=O) groups is 1. The van der Waals surface area contributed by atoms with Gasteiger partial charge in [-0.25, -0.2) is 0 Å². The molecule has 0 bridgehead atoms. The van der Waals surface area contributed by atoms with Crippen LogP contribution in [0.3, 0.4) is 0 Å². The molecule has 0 unspecified atom stereocenters. The Bertz CT molecular complexity index is 343. The fourth-order valence-corrected chi connectivity index (χ4v) is 1.73. The Hall–Kier alpha value is -0.730. The van der Waals surface area contributed by atoms with Crippen LogP contribution in [0.15, 0.2) is 30.3 Å². The summed E-state index contributed by atoms with van der Waals surface area (Å²) in [5, 5.41) is 0.925. The van der Waals surface area contributed by atoms with Crippen molar-refractivity contribution in [2.45, 2.75) is 13.3 Å². The Kier molecular flexibility index (Phi) is 5.51. The van der Waals surface area contributed by atoms with Gasteiger partial charge in [0.25, 0.3) is 0 Å². The minimum atomic E-state index is 0.176. The Balaban J connectivity index is 2.32. The molecule has 80 valence electrons. The van der Waals surface area contributed by atoms with Crippen molar-refractivity contribution in [1.29, 1.82) is 0 Å². The molecule has 0 aliphatic heterocycles. The van der Waals surface area contributed by atoms with E-state index in [4.69, 9.17) is 11.6 Å². The number of allylic oxidation sites excluding steroid dienone is 1. The molecular weight excluding hydrogens is 228 g/mol. The second-order valence-electron chi connectivity index (χ2n) is 3.08. The van der Waals surface area contributed by atoms with Gasteiger partial charge in [0.2, 0.25) is 0 Å². The van der Waals surface area contributed by atoms with Crippen LogP contribution in [0, 0.1) is 0 Å². The van der Waals surface area contributed by atoms with Gasteiger partial charge in [-0.05, 0) is 24.1 Å². The van der Waals surface area contributed by atoms with Gasteiger partial charge in [-0.1, -0.05) is 47.6 Å². The molecule has 1 aromatic carbocycles. The fraction of sp³-hybridized carbons (Fsp3) is 0.250. The lowest BCUT2D eigenvalue weighted by Gasteiger charge is -1.94. The summed E-state index contributed by atoms with van der Waals surface area (Å²) in [5.41, 5.74) is 1.13. The summed E-state index contributed by atoms with van der Waals surface area (Å²) in [4.78, 5) is 10.6. The first-order chi connectivity index (χ1) is 7.18. The number of thioether (sulfide) groups is 1. The quantitative estimate of drug-likeness (QED) is 0.740. The first-order valence-corrected chi connectivity index (χ1v) is 6.10. The summed E-state index contributed by atoms with van der Waals surface area (Å²) in [7, 11) is 0. The summed E-state index contributed by atoms with van der Waals surface area (Å²) < 4.78 is 0. The van der Waals surface area contributed by atoms with Crippen LogP contribution in [0.4, 0.5) is 0 Å². The van der Waals surface area contributed by atoms with Gasteiger partial charge >= 0.3 is 0 Å². The van der Waals surface area contributed by atoms with Gasteiger partial charge in [-0.2, -0.15) is 0 Å². The molecule has 0 aliphatic rings. The van der Waals surface area contributed by atoms with E-state index in [0.29, 0.717) is 0 Å². The first kappa shape index (κ1) is 12.3. The second kappa shape index (κ2) is 6.70. The third-order valence-electron chi connectivity index (χ3n) is 1.77. The third-order valence-corrected chi connectivity index (χ3v) is 2.87. The van der Waals surface area contributed by atoms with Gasteiger partial charge in [0.05, 0.1) is 0 Å². The number of rotatable bonds is 4. The van der Waals surface area contributed by atoms with E-state index in [1.54, 1.807) is 6.92 Å². The van der Waals surface area contributed by atoms with Crippen molar-refractivity contribution in [3.63, 3.8) is 0 Å². The van der Waals surface area contributed by atoms with Gasteiger partial charge in [0.15, 0.2) is 5.12 Å². The van der Waals surface area contributed by atoms with Crippen molar-refractivity contribution in [1.82, 2.24) is 0 Å². The largest absolute Gasteiger partial charge is 0.288 e. The molecule has 15 heavy (non-hydrogen) atoms. The molecule has 0 N–H and O–H groups in total. The normalized spacial score (nSPS) is 10.8. The zero-order chi connectivity index (χ0) is 11.1. The van der Waals surface area contributed by atoms with E-state index in [1.807, 2.05) is 30.3 Å². The molecular formula is C12H13ClOS. The number of hydrogen-bond donors (Lipinski definition) is 0. The van der Waals surface area contributed by atoms with Crippen molar-refractivity contribution < 1.29 is 4.79 Å². The fourth-order valence-electron chi connectivity index (χ4n) is 1.06. The Morgan fingerprint density at radius 3 is 2.67 bits per heavy atom. The highest BCUT2D eigenvalue weighted by molar-refractivity contribution is 8.13. The maximum atomic E-state index is 10.6. The number of carbonyl (C=O) groups excluding carboxylic acids is 1. The highest BCUT2D eigenvalue weighted by Gasteiger charge is 1.91. The number of benzene rings is 1. The van der Waals surface area contributed by atoms with E-state index in [2.05, 4.69) is 6.08 Å². The molecule has 0 spiro atoms. The van der Waals surface area contributed by atoms with Gasteiger partial charge in [0.1, 0.15) is 0 Å². The highest BCUT2D eigenvalue weighted by Crippen LogP contribution is 2.11. The molecule has 0 atom stereocenters. The van der Waals surface area contributed by atoms with Crippen LogP contribution in [0.5, 0.6) is 0 Å². The minimum absolute atomic E-state index is 0.176. The Labute approximate surface area is 99.5 Å². The van der Waals surface area contributed by atoms with Crippen LogP contribution in [-0.2, 0) is 4.79 Å². The summed E-state index contributed by atoms with van der Waals surface area (Å²) in [6.07, 6.45) is 5.02. The standard InChI is InChI=1S/C12H13ClOS/c1-10(14)15-9-3-2-4-11-5-7-12(13)8-6-11/h2,4-8H,3,9H2,1H3. The van der Waals surface area contributed by atoms with E-state index in [1.165, 1.54) is 11.8 Å². The lowest BCUT2D eigenvalue weighted by Crippen LogP contribution is -1.83. The molecule has 1 aromatic rings. The molecule has 0 aromatic heterocycles. The average Bonchev–Trinajstić information content (AvgIpc) is 2.20. The van der Waals surface area contributed by atoms with Gasteiger partial charge < -0.3 is 0 Å². The van der Waals surface area contributed by atoms with Crippen molar-refractivity contribution in [2.75, 3.05) is 5.75 Å². The first-order valence-electron chi connectivity index (χ1n) is 4.74. The highest BCUT2D eigenvalue weighted by atomic mass is 35.5. The predicted molar refractivity (Wildman–Crippen MR) is 68.2 cm³/mol. The van der Waals surface area contributed by atoms with Crippen LogP contribution in [0.25, 0.3) is 6.08 Å². The van der Waals surface area contributed by atoms with Crippen LogP contribution >= 0.6 is 23.4 Å². The molecule has 0 aliphatic carbocycles. The van der Waals surface area contributed by atoms with Crippen molar-refractivity contribution >= 4 is 34.6 Å². The van der Waals surface area contributed by atoms with Crippen molar-refractivity contribution in [2.24, 2.45) is 0 Å². The Morgan fingerprint density at radius 1 is 1.40 bits per heavy atom. The monoisotopic (exact) mass is 240 g/mol. The molecule has 0 saturated heterocycles. The molecule has 0 heterocycles. The lowest BCUT2D eigenvalue weighted by atomic mass is 10.2. The summed E-state index contributed by atoms with van der Waals surface area (Å²) >= 11 is 7.12. The summed E-state index contributed by atoms with van der Waals surface area (Å²) in [6, 6.07) is 7.67. The number of hydrogen-bond acceptors (Lipinski definition) is 2. The second-order valence-corrected chi connectivity index (χ2v) is 4.79. The SMILES string of the molecule is CC(=O)SCCC=Cc1ccc(Cl)cc1. The van der Waals surface area contributed by atoms with Crippen molar-refractivity contribution in [3.05, 3.63) is 40.9 Å². The predicted octanol–water partition coefficient (Wildman–Crippen LogP) is 4.02. The maximum Gasteiger partial charge on any atom is 0.185 e. The van der Waals surface area contributed by atoms with Gasteiger partial charge in [0, 0.05) is 17.7 Å². The maximum absolute atomic E-state index is 10.6. The topological polar surface area (TPSA) is 17.1 Å². The molecule has 0 fully saturated rings. The van der Waals surface area contributed by atoms with E-state index >= 15 is 0 Å². The molecule has 0 saturated carbocycles. The average molecular weight is 241 g/mol. The van der Waals surface area contributed by atoms with E-state index in [-0.39, 0.29) is 5.12 Å². The Morgan fingerprint density at radius 2 is 2.07 bits per heavy atom. The minimum Gasteiger partial charge on any atom is -0.288 e. The number of halogens is 1. The van der Waals surface area contributed by atoms with Crippen LogP contribution in [0.2, 0.25) is 5.02 Å². The summed E-state index contributed by atoms with van der Waals surface area (Å²) in [5.74, 6) is 0.847. The van der Waals surface area contributed by atoms with Gasteiger partial charge in [-0.15, -0.1) is 0 Å².